The first-order chi connectivity index (χ1) is 13.3. The lowest BCUT2D eigenvalue weighted by Gasteiger charge is -2.36. The van der Waals surface area contributed by atoms with Crippen molar-refractivity contribution in [2.75, 3.05) is 31.1 Å². The summed E-state index contributed by atoms with van der Waals surface area (Å²) in [6.07, 6.45) is 1.47. The molecule has 9 heteroatoms. The van der Waals surface area contributed by atoms with Gasteiger partial charge in [-0.15, -0.1) is 10.2 Å². The molecule has 8 nitrogen and oxygen atoms in total. The SMILES string of the molecule is Cc1ccc(C)c(N2CCN(S(=O)(=O)c3c[nH]c(-c4nnc(C)o4)c3)CC2)c1. The summed E-state index contributed by atoms with van der Waals surface area (Å²) in [5.74, 6) is 0.704. The molecular formula is C19H23N5O3S. The molecule has 0 unspecified atom stereocenters. The van der Waals surface area contributed by atoms with Crippen LogP contribution < -0.4 is 4.90 Å². The van der Waals surface area contributed by atoms with Crippen molar-refractivity contribution in [2.24, 2.45) is 0 Å². The molecule has 0 atom stereocenters. The van der Waals surface area contributed by atoms with E-state index in [1.807, 2.05) is 0 Å². The van der Waals surface area contributed by atoms with E-state index in [-0.39, 0.29) is 10.8 Å². The van der Waals surface area contributed by atoms with E-state index >= 15 is 0 Å². The Bertz CT molecular complexity index is 1090. The van der Waals surface area contributed by atoms with Gasteiger partial charge >= 0.3 is 0 Å². The molecule has 0 saturated carbocycles. The molecule has 1 N–H and O–H groups in total. The minimum Gasteiger partial charge on any atom is -0.420 e. The number of hydrogen-bond acceptors (Lipinski definition) is 6. The molecule has 148 valence electrons. The van der Waals surface area contributed by atoms with E-state index < -0.39 is 10.0 Å². The van der Waals surface area contributed by atoms with Gasteiger partial charge in [0, 0.05) is 45.0 Å². The highest BCUT2D eigenvalue weighted by atomic mass is 32.2. The third kappa shape index (κ3) is 3.43. The van der Waals surface area contributed by atoms with Crippen molar-refractivity contribution in [1.82, 2.24) is 19.5 Å². The van der Waals surface area contributed by atoms with Crippen LogP contribution in [0.3, 0.4) is 0 Å². The molecule has 0 aliphatic carbocycles. The Morgan fingerprint density at radius 3 is 2.46 bits per heavy atom. The highest BCUT2D eigenvalue weighted by Crippen LogP contribution is 2.26. The fourth-order valence-corrected chi connectivity index (χ4v) is 4.85. The fraction of sp³-hybridized carbons (Fsp3) is 0.368. The van der Waals surface area contributed by atoms with Crippen LogP contribution in [0.4, 0.5) is 5.69 Å². The summed E-state index contributed by atoms with van der Waals surface area (Å²) in [5.41, 5.74) is 4.07. The number of aromatic amines is 1. The maximum atomic E-state index is 13.0. The van der Waals surface area contributed by atoms with Crippen molar-refractivity contribution < 1.29 is 12.8 Å². The summed E-state index contributed by atoms with van der Waals surface area (Å²) in [6, 6.07) is 7.89. The van der Waals surface area contributed by atoms with E-state index in [1.165, 1.54) is 27.3 Å². The second-order valence-corrected chi connectivity index (χ2v) is 8.99. The van der Waals surface area contributed by atoms with Crippen molar-refractivity contribution in [3.05, 3.63) is 47.5 Å². The van der Waals surface area contributed by atoms with Crippen molar-refractivity contribution >= 4 is 15.7 Å². The van der Waals surface area contributed by atoms with Crippen LogP contribution in [0.2, 0.25) is 0 Å². The fourth-order valence-electron chi connectivity index (χ4n) is 3.43. The quantitative estimate of drug-likeness (QED) is 0.722. The van der Waals surface area contributed by atoms with E-state index in [0.29, 0.717) is 37.8 Å². The smallest absolute Gasteiger partial charge is 0.264 e. The average Bonchev–Trinajstić information content (AvgIpc) is 3.33. The van der Waals surface area contributed by atoms with Crippen LogP contribution in [-0.2, 0) is 10.0 Å². The summed E-state index contributed by atoms with van der Waals surface area (Å²) >= 11 is 0. The number of H-pyrrole nitrogens is 1. The summed E-state index contributed by atoms with van der Waals surface area (Å²) in [6.45, 7) is 8.03. The van der Waals surface area contributed by atoms with Crippen molar-refractivity contribution in [2.45, 2.75) is 25.7 Å². The zero-order chi connectivity index (χ0) is 19.9. The second-order valence-electron chi connectivity index (χ2n) is 7.06. The Morgan fingerprint density at radius 2 is 1.79 bits per heavy atom. The number of rotatable bonds is 4. The molecule has 28 heavy (non-hydrogen) atoms. The highest BCUT2D eigenvalue weighted by molar-refractivity contribution is 7.89. The number of sulfonamides is 1. The Balaban J connectivity index is 1.49. The maximum Gasteiger partial charge on any atom is 0.264 e. The van der Waals surface area contributed by atoms with E-state index in [9.17, 15) is 8.42 Å². The van der Waals surface area contributed by atoms with Gasteiger partial charge in [0.1, 0.15) is 10.6 Å². The minimum absolute atomic E-state index is 0.207. The first-order valence-electron chi connectivity index (χ1n) is 9.16. The molecular weight excluding hydrogens is 378 g/mol. The lowest BCUT2D eigenvalue weighted by Crippen LogP contribution is -2.48. The van der Waals surface area contributed by atoms with Gasteiger partial charge < -0.3 is 14.3 Å². The zero-order valence-electron chi connectivity index (χ0n) is 16.1. The molecule has 1 aromatic carbocycles. The molecule has 0 bridgehead atoms. The van der Waals surface area contributed by atoms with Gasteiger partial charge in [0.25, 0.3) is 5.89 Å². The standard InChI is InChI=1S/C19H23N5O3S/c1-13-4-5-14(2)18(10-13)23-6-8-24(9-7-23)28(25,26)16-11-17(20-12-16)19-22-21-15(3)27-19/h4-5,10-12,20H,6-9H2,1-3H3. The van der Waals surface area contributed by atoms with Crippen LogP contribution in [0.1, 0.15) is 17.0 Å². The van der Waals surface area contributed by atoms with Crippen molar-refractivity contribution in [3.8, 4) is 11.6 Å². The highest BCUT2D eigenvalue weighted by Gasteiger charge is 2.30. The van der Waals surface area contributed by atoms with Gasteiger partial charge in [0.2, 0.25) is 15.9 Å². The number of piperazine rings is 1. The largest absolute Gasteiger partial charge is 0.420 e. The number of aryl methyl sites for hydroxylation is 3. The van der Waals surface area contributed by atoms with E-state index in [2.05, 4.69) is 52.1 Å². The minimum atomic E-state index is -3.58. The monoisotopic (exact) mass is 401 g/mol. The topological polar surface area (TPSA) is 95.3 Å². The van der Waals surface area contributed by atoms with Crippen LogP contribution in [-0.4, -0.2) is 54.1 Å². The summed E-state index contributed by atoms with van der Waals surface area (Å²) < 4.78 is 32.9. The predicted molar refractivity (Wildman–Crippen MR) is 106 cm³/mol. The van der Waals surface area contributed by atoms with Crippen LogP contribution >= 0.6 is 0 Å². The van der Waals surface area contributed by atoms with Gasteiger partial charge in [-0.1, -0.05) is 12.1 Å². The Hall–Kier alpha value is -2.65. The zero-order valence-corrected chi connectivity index (χ0v) is 17.0. The van der Waals surface area contributed by atoms with Crippen LogP contribution in [0.15, 0.2) is 39.8 Å². The van der Waals surface area contributed by atoms with Gasteiger partial charge in [-0.3, -0.25) is 0 Å². The molecule has 0 spiro atoms. The van der Waals surface area contributed by atoms with Crippen molar-refractivity contribution in [3.63, 3.8) is 0 Å². The third-order valence-corrected chi connectivity index (χ3v) is 6.87. The summed E-state index contributed by atoms with van der Waals surface area (Å²) in [7, 11) is -3.58. The number of benzene rings is 1. The first-order valence-corrected chi connectivity index (χ1v) is 10.6. The maximum absolute atomic E-state index is 13.0. The molecule has 1 aliphatic heterocycles. The van der Waals surface area contributed by atoms with Crippen LogP contribution in [0.5, 0.6) is 0 Å². The first kappa shape index (κ1) is 18.7. The molecule has 3 heterocycles. The molecule has 3 aromatic rings. The second kappa shape index (κ2) is 7.06. The van der Waals surface area contributed by atoms with Gasteiger partial charge in [-0.2, -0.15) is 4.31 Å². The summed E-state index contributed by atoms with van der Waals surface area (Å²) in [4.78, 5) is 5.37. The molecule has 0 amide bonds. The third-order valence-electron chi connectivity index (χ3n) is 4.99. The van der Waals surface area contributed by atoms with Crippen LogP contribution in [0, 0.1) is 20.8 Å². The van der Waals surface area contributed by atoms with E-state index in [4.69, 9.17) is 4.42 Å². The molecule has 4 rings (SSSR count). The Morgan fingerprint density at radius 1 is 1.04 bits per heavy atom. The molecule has 1 fully saturated rings. The lowest BCUT2D eigenvalue weighted by molar-refractivity contribution is 0.385. The lowest BCUT2D eigenvalue weighted by atomic mass is 10.1. The van der Waals surface area contributed by atoms with Gasteiger partial charge in [-0.25, -0.2) is 8.42 Å². The molecule has 2 aromatic heterocycles. The van der Waals surface area contributed by atoms with Gasteiger partial charge in [0.05, 0.1) is 0 Å². The molecule has 1 saturated heterocycles. The summed E-state index contributed by atoms with van der Waals surface area (Å²) in [5, 5.41) is 7.69. The molecule has 0 radical (unpaired) electrons. The number of nitrogens with zero attached hydrogens (tertiary/aromatic N) is 4. The Kier molecular flexibility index (Phi) is 4.72. The van der Waals surface area contributed by atoms with Crippen molar-refractivity contribution in [1.29, 1.82) is 0 Å². The van der Waals surface area contributed by atoms with E-state index in [1.54, 1.807) is 13.0 Å². The number of aromatic nitrogens is 3. The number of anilines is 1. The molecule has 1 aliphatic rings. The average molecular weight is 401 g/mol. The predicted octanol–water partition coefficient (Wildman–Crippen LogP) is 2.50. The van der Waals surface area contributed by atoms with Crippen LogP contribution in [0.25, 0.3) is 11.6 Å². The number of hydrogen-bond donors (Lipinski definition) is 1. The Labute approximate surface area is 164 Å². The van der Waals surface area contributed by atoms with E-state index in [0.717, 1.165) is 0 Å². The number of nitrogens with one attached hydrogen (secondary N) is 1. The van der Waals surface area contributed by atoms with Gasteiger partial charge in [-0.05, 0) is 37.1 Å². The normalized spacial score (nSPS) is 15.9. The van der Waals surface area contributed by atoms with Gasteiger partial charge in [0.15, 0.2) is 0 Å².